The normalized spacial score (nSPS) is 9.50. The summed E-state index contributed by atoms with van der Waals surface area (Å²) in [7, 11) is 0. The molecule has 1 aromatic rings. The van der Waals surface area contributed by atoms with Crippen LogP contribution in [-0.4, -0.2) is 17.7 Å². The van der Waals surface area contributed by atoms with E-state index in [1.807, 2.05) is 6.92 Å². The highest BCUT2D eigenvalue weighted by atomic mass is 16.5. The van der Waals surface area contributed by atoms with E-state index in [-0.39, 0.29) is 5.56 Å². The first-order valence-electron chi connectivity index (χ1n) is 4.23. The first-order chi connectivity index (χ1) is 6.65. The molecule has 0 aliphatic heterocycles. The maximum absolute atomic E-state index is 10.8. The fourth-order valence-corrected chi connectivity index (χ4v) is 1.07. The van der Waals surface area contributed by atoms with Gasteiger partial charge in [0.15, 0.2) is 0 Å². The Morgan fingerprint density at radius 2 is 2.36 bits per heavy atom. The van der Waals surface area contributed by atoms with Crippen molar-refractivity contribution in [1.82, 2.24) is 0 Å². The van der Waals surface area contributed by atoms with Gasteiger partial charge in [0.1, 0.15) is 17.9 Å². The van der Waals surface area contributed by atoms with Crippen molar-refractivity contribution < 1.29 is 14.6 Å². The highest BCUT2D eigenvalue weighted by Gasteiger charge is 2.10. The van der Waals surface area contributed by atoms with Crippen LogP contribution in [-0.2, 0) is 0 Å². The van der Waals surface area contributed by atoms with Gasteiger partial charge in [-0.1, -0.05) is 18.7 Å². The summed E-state index contributed by atoms with van der Waals surface area (Å²) in [5.41, 5.74) is 1.14. The number of carboxylic acid groups (broad SMARTS) is 1. The molecule has 0 radical (unpaired) electrons. The fraction of sp³-hybridized carbons (Fsp3) is 0.182. The van der Waals surface area contributed by atoms with E-state index in [9.17, 15) is 4.79 Å². The van der Waals surface area contributed by atoms with Crippen molar-refractivity contribution in [1.29, 1.82) is 0 Å². The molecule has 0 amide bonds. The molecule has 3 heteroatoms. The van der Waals surface area contributed by atoms with Crippen molar-refractivity contribution in [2.45, 2.75) is 6.92 Å². The van der Waals surface area contributed by atoms with Crippen LogP contribution in [0, 0.1) is 6.92 Å². The minimum absolute atomic E-state index is 0.178. The number of aryl methyl sites for hydroxylation is 1. The number of aromatic carboxylic acids is 1. The third kappa shape index (κ3) is 2.36. The van der Waals surface area contributed by atoms with Gasteiger partial charge in [0.05, 0.1) is 0 Å². The summed E-state index contributed by atoms with van der Waals surface area (Å²) in [6, 6.07) is 4.98. The number of benzene rings is 1. The van der Waals surface area contributed by atoms with Gasteiger partial charge in [0.2, 0.25) is 0 Å². The Hall–Kier alpha value is -1.77. The number of hydrogen-bond donors (Lipinski definition) is 1. The van der Waals surface area contributed by atoms with Crippen molar-refractivity contribution in [3.8, 4) is 5.75 Å². The number of rotatable bonds is 4. The average Bonchev–Trinajstić information content (AvgIpc) is 2.14. The van der Waals surface area contributed by atoms with E-state index in [0.29, 0.717) is 12.4 Å². The van der Waals surface area contributed by atoms with Gasteiger partial charge in [0.25, 0.3) is 0 Å². The molecule has 0 saturated heterocycles. The van der Waals surface area contributed by atoms with Crippen LogP contribution in [0.3, 0.4) is 0 Å². The Bertz CT molecular complexity index is 356. The highest BCUT2D eigenvalue weighted by molar-refractivity contribution is 5.90. The lowest BCUT2D eigenvalue weighted by molar-refractivity contribution is 0.0693. The number of ether oxygens (including phenoxy) is 1. The SMILES string of the molecule is C=CCOc1cc(C)ccc1C(=O)O. The standard InChI is InChI=1S/C11H12O3/c1-3-6-14-10-7-8(2)4-5-9(10)11(12)13/h3-5,7H,1,6H2,2H3,(H,12,13). The van der Waals surface area contributed by atoms with Crippen molar-refractivity contribution in [2.75, 3.05) is 6.61 Å². The highest BCUT2D eigenvalue weighted by Crippen LogP contribution is 2.20. The van der Waals surface area contributed by atoms with Gasteiger partial charge in [-0.15, -0.1) is 0 Å². The Morgan fingerprint density at radius 3 is 2.93 bits per heavy atom. The van der Waals surface area contributed by atoms with Gasteiger partial charge in [-0.25, -0.2) is 4.79 Å². The molecule has 1 aromatic carbocycles. The van der Waals surface area contributed by atoms with Crippen LogP contribution < -0.4 is 4.74 Å². The third-order valence-corrected chi connectivity index (χ3v) is 1.72. The third-order valence-electron chi connectivity index (χ3n) is 1.72. The van der Waals surface area contributed by atoms with Gasteiger partial charge in [-0.05, 0) is 24.6 Å². The number of hydrogen-bond acceptors (Lipinski definition) is 2. The Morgan fingerprint density at radius 1 is 1.64 bits per heavy atom. The molecule has 0 unspecified atom stereocenters. The number of carboxylic acids is 1. The molecule has 0 aliphatic rings. The molecule has 14 heavy (non-hydrogen) atoms. The van der Waals surface area contributed by atoms with Crippen LogP contribution in [0.4, 0.5) is 0 Å². The predicted octanol–water partition coefficient (Wildman–Crippen LogP) is 2.26. The maximum atomic E-state index is 10.8. The quantitative estimate of drug-likeness (QED) is 0.744. The average molecular weight is 192 g/mol. The van der Waals surface area contributed by atoms with Gasteiger partial charge < -0.3 is 9.84 Å². The van der Waals surface area contributed by atoms with Crippen molar-refractivity contribution >= 4 is 5.97 Å². The maximum Gasteiger partial charge on any atom is 0.339 e. The first kappa shape index (κ1) is 10.3. The summed E-state index contributed by atoms with van der Waals surface area (Å²) in [4.78, 5) is 10.8. The summed E-state index contributed by atoms with van der Waals surface area (Å²) in [5, 5.41) is 8.85. The van der Waals surface area contributed by atoms with E-state index < -0.39 is 5.97 Å². The molecule has 1 N–H and O–H groups in total. The van der Waals surface area contributed by atoms with Gasteiger partial charge in [0, 0.05) is 0 Å². The van der Waals surface area contributed by atoms with Crippen molar-refractivity contribution in [3.05, 3.63) is 42.0 Å². The molecule has 0 spiro atoms. The molecule has 0 fully saturated rings. The molecule has 1 rings (SSSR count). The first-order valence-corrected chi connectivity index (χ1v) is 4.23. The lowest BCUT2D eigenvalue weighted by atomic mass is 10.1. The summed E-state index contributed by atoms with van der Waals surface area (Å²) < 4.78 is 5.23. The molecule has 0 heterocycles. The minimum Gasteiger partial charge on any atom is -0.489 e. The second-order valence-electron chi connectivity index (χ2n) is 2.90. The largest absolute Gasteiger partial charge is 0.489 e. The molecule has 0 atom stereocenters. The van der Waals surface area contributed by atoms with Gasteiger partial charge in [-0.2, -0.15) is 0 Å². The monoisotopic (exact) mass is 192 g/mol. The van der Waals surface area contributed by atoms with Gasteiger partial charge in [-0.3, -0.25) is 0 Å². The summed E-state index contributed by atoms with van der Waals surface area (Å²) in [5.74, 6) is -0.596. The van der Waals surface area contributed by atoms with Crippen molar-refractivity contribution in [3.63, 3.8) is 0 Å². The van der Waals surface area contributed by atoms with Crippen LogP contribution in [0.5, 0.6) is 5.75 Å². The lowest BCUT2D eigenvalue weighted by Crippen LogP contribution is -2.03. The molecule has 0 bridgehead atoms. The summed E-state index contributed by atoms with van der Waals surface area (Å²) >= 11 is 0. The topological polar surface area (TPSA) is 46.5 Å². The van der Waals surface area contributed by atoms with Gasteiger partial charge >= 0.3 is 5.97 Å². The van der Waals surface area contributed by atoms with E-state index in [1.165, 1.54) is 6.07 Å². The van der Waals surface area contributed by atoms with E-state index in [2.05, 4.69) is 6.58 Å². The van der Waals surface area contributed by atoms with Crippen LogP contribution in [0.1, 0.15) is 15.9 Å². The Balaban J connectivity index is 3.02. The Kier molecular flexibility index (Phi) is 3.29. The summed E-state index contributed by atoms with van der Waals surface area (Å²) in [6.07, 6.45) is 1.58. The smallest absolute Gasteiger partial charge is 0.339 e. The number of carbonyl (C=O) groups is 1. The zero-order valence-corrected chi connectivity index (χ0v) is 7.99. The van der Waals surface area contributed by atoms with Crippen molar-refractivity contribution in [2.24, 2.45) is 0 Å². The molecular weight excluding hydrogens is 180 g/mol. The lowest BCUT2D eigenvalue weighted by Gasteiger charge is -2.07. The van der Waals surface area contributed by atoms with E-state index in [4.69, 9.17) is 9.84 Å². The zero-order valence-electron chi connectivity index (χ0n) is 7.99. The van der Waals surface area contributed by atoms with E-state index in [0.717, 1.165) is 5.56 Å². The van der Waals surface area contributed by atoms with E-state index in [1.54, 1.807) is 18.2 Å². The van der Waals surface area contributed by atoms with Crippen LogP contribution >= 0.6 is 0 Å². The predicted molar refractivity (Wildman–Crippen MR) is 53.8 cm³/mol. The zero-order chi connectivity index (χ0) is 10.6. The van der Waals surface area contributed by atoms with Crippen LogP contribution in [0.2, 0.25) is 0 Å². The molecule has 3 nitrogen and oxygen atoms in total. The molecular formula is C11H12O3. The van der Waals surface area contributed by atoms with E-state index >= 15 is 0 Å². The second-order valence-corrected chi connectivity index (χ2v) is 2.90. The minimum atomic E-state index is -0.982. The molecule has 0 aliphatic carbocycles. The molecule has 0 saturated carbocycles. The second kappa shape index (κ2) is 4.46. The Labute approximate surface area is 82.6 Å². The molecule has 0 aromatic heterocycles. The van der Waals surface area contributed by atoms with Crippen LogP contribution in [0.15, 0.2) is 30.9 Å². The van der Waals surface area contributed by atoms with Crippen LogP contribution in [0.25, 0.3) is 0 Å². The summed E-state index contributed by atoms with van der Waals surface area (Å²) in [6.45, 7) is 5.69. The fourth-order valence-electron chi connectivity index (χ4n) is 1.07. The molecule has 74 valence electrons.